The fourth-order valence-electron chi connectivity index (χ4n) is 1.80. The van der Waals surface area contributed by atoms with Gasteiger partial charge in [0, 0.05) is 11.1 Å². The van der Waals surface area contributed by atoms with Gasteiger partial charge in [0.2, 0.25) is 0 Å². The molecule has 2 rings (SSSR count). The van der Waals surface area contributed by atoms with Crippen molar-refractivity contribution < 1.29 is 18.3 Å². The second-order valence-electron chi connectivity index (χ2n) is 4.46. The minimum absolute atomic E-state index is 0.0306. The maximum absolute atomic E-state index is 13.8. The van der Waals surface area contributed by atoms with Crippen LogP contribution in [0.1, 0.15) is 21.5 Å². The molecule has 0 aliphatic carbocycles. The van der Waals surface area contributed by atoms with E-state index in [1.54, 1.807) is 19.1 Å². The molecule has 0 aromatic heterocycles. The number of nitrogens with two attached hydrogens (primary N) is 1. The third kappa shape index (κ3) is 3.35. The Kier molecular flexibility index (Phi) is 4.49. The molecule has 0 spiro atoms. The normalized spacial score (nSPS) is 10.3. The van der Waals surface area contributed by atoms with E-state index in [1.807, 2.05) is 5.43 Å². The van der Waals surface area contributed by atoms with E-state index in [4.69, 9.17) is 10.6 Å². The summed E-state index contributed by atoms with van der Waals surface area (Å²) in [7, 11) is 0. The van der Waals surface area contributed by atoms with Crippen molar-refractivity contribution in [3.8, 4) is 5.75 Å². The van der Waals surface area contributed by atoms with Crippen molar-refractivity contribution >= 4 is 5.91 Å². The van der Waals surface area contributed by atoms with Crippen molar-refractivity contribution in [3.63, 3.8) is 0 Å². The van der Waals surface area contributed by atoms with E-state index in [-0.39, 0.29) is 23.5 Å². The molecule has 2 aromatic carbocycles. The smallest absolute Gasteiger partial charge is 0.265 e. The van der Waals surface area contributed by atoms with Gasteiger partial charge in [0.15, 0.2) is 11.6 Å². The predicted molar refractivity (Wildman–Crippen MR) is 73.5 cm³/mol. The van der Waals surface area contributed by atoms with Gasteiger partial charge in [-0.25, -0.2) is 14.6 Å². The molecule has 1 amide bonds. The molecule has 0 saturated heterocycles. The maximum atomic E-state index is 13.8. The highest BCUT2D eigenvalue weighted by molar-refractivity contribution is 5.93. The summed E-state index contributed by atoms with van der Waals surface area (Å²) in [6, 6.07) is 8.45. The van der Waals surface area contributed by atoms with Gasteiger partial charge in [-0.15, -0.1) is 0 Å². The van der Waals surface area contributed by atoms with Crippen molar-refractivity contribution in [2.45, 2.75) is 13.5 Å². The van der Waals surface area contributed by atoms with Crippen molar-refractivity contribution in [1.82, 2.24) is 5.43 Å². The Morgan fingerprint density at radius 2 is 2.05 bits per heavy atom. The fraction of sp³-hybridized carbons (Fsp3) is 0.133. The average Bonchev–Trinajstić information content (AvgIpc) is 2.49. The van der Waals surface area contributed by atoms with Crippen LogP contribution in [0.3, 0.4) is 0 Å². The number of amides is 1. The van der Waals surface area contributed by atoms with E-state index in [0.29, 0.717) is 5.56 Å². The number of benzene rings is 2. The summed E-state index contributed by atoms with van der Waals surface area (Å²) >= 11 is 0. The van der Waals surface area contributed by atoms with E-state index in [2.05, 4.69) is 0 Å². The third-order valence-electron chi connectivity index (χ3n) is 2.98. The molecule has 0 aliphatic heterocycles. The first-order valence-corrected chi connectivity index (χ1v) is 6.20. The van der Waals surface area contributed by atoms with Gasteiger partial charge in [-0.2, -0.15) is 0 Å². The molecule has 0 radical (unpaired) electrons. The van der Waals surface area contributed by atoms with Crippen LogP contribution >= 0.6 is 0 Å². The monoisotopic (exact) mass is 292 g/mol. The highest BCUT2D eigenvalue weighted by Gasteiger charge is 2.11. The molecule has 3 N–H and O–H groups in total. The number of nitrogen functional groups attached to an aromatic ring is 1. The molecule has 0 saturated carbocycles. The summed E-state index contributed by atoms with van der Waals surface area (Å²) in [5.41, 5.74) is 2.72. The predicted octanol–water partition coefficient (Wildman–Crippen LogP) is 2.46. The van der Waals surface area contributed by atoms with Crippen molar-refractivity contribution in [1.29, 1.82) is 0 Å². The van der Waals surface area contributed by atoms with Crippen LogP contribution in [-0.4, -0.2) is 5.91 Å². The van der Waals surface area contributed by atoms with E-state index in [1.165, 1.54) is 18.2 Å². The Balaban J connectivity index is 2.19. The topological polar surface area (TPSA) is 64.3 Å². The van der Waals surface area contributed by atoms with Gasteiger partial charge in [-0.05, 0) is 36.8 Å². The van der Waals surface area contributed by atoms with E-state index >= 15 is 0 Å². The molecule has 0 bridgehead atoms. The van der Waals surface area contributed by atoms with Crippen LogP contribution in [0.2, 0.25) is 0 Å². The molecule has 0 heterocycles. The molecule has 2 aromatic rings. The Bertz CT molecular complexity index is 675. The number of ether oxygens (including phenoxy) is 1. The van der Waals surface area contributed by atoms with Crippen LogP contribution in [-0.2, 0) is 6.61 Å². The number of carbonyl (C=O) groups excluding carboxylic acids is 1. The molecular formula is C15H14F2N2O2. The van der Waals surface area contributed by atoms with E-state index < -0.39 is 17.5 Å². The lowest BCUT2D eigenvalue weighted by Gasteiger charge is -2.10. The quantitative estimate of drug-likeness (QED) is 0.517. The van der Waals surface area contributed by atoms with Gasteiger partial charge in [-0.1, -0.05) is 12.1 Å². The van der Waals surface area contributed by atoms with Crippen molar-refractivity contribution in [2.75, 3.05) is 0 Å². The SMILES string of the molecule is Cc1cccc(OCc2cc(C(=O)NN)ccc2F)c1F. The molecule has 4 nitrogen and oxygen atoms in total. The maximum Gasteiger partial charge on any atom is 0.265 e. The zero-order chi connectivity index (χ0) is 15.4. The molecule has 21 heavy (non-hydrogen) atoms. The molecule has 0 atom stereocenters. The van der Waals surface area contributed by atoms with Crippen LogP contribution in [0.15, 0.2) is 36.4 Å². The van der Waals surface area contributed by atoms with Crippen LogP contribution in [0.25, 0.3) is 0 Å². The highest BCUT2D eigenvalue weighted by Crippen LogP contribution is 2.21. The number of aryl methyl sites for hydroxylation is 1. The average molecular weight is 292 g/mol. The minimum atomic E-state index is -0.545. The summed E-state index contributed by atoms with van der Waals surface area (Å²) in [5.74, 6) is 3.47. The first kappa shape index (κ1) is 14.9. The number of hydrogen-bond donors (Lipinski definition) is 2. The Hall–Kier alpha value is -2.47. The number of nitrogens with one attached hydrogen (secondary N) is 1. The first-order chi connectivity index (χ1) is 10.0. The lowest BCUT2D eigenvalue weighted by molar-refractivity contribution is 0.0953. The summed E-state index contributed by atoms with van der Waals surface area (Å²) in [5, 5.41) is 0. The molecule has 0 unspecified atom stereocenters. The van der Waals surface area contributed by atoms with Crippen molar-refractivity contribution in [3.05, 3.63) is 64.7 Å². The van der Waals surface area contributed by atoms with Crippen LogP contribution < -0.4 is 16.0 Å². The van der Waals surface area contributed by atoms with Crippen LogP contribution in [0, 0.1) is 18.6 Å². The number of halogens is 2. The lowest BCUT2D eigenvalue weighted by Crippen LogP contribution is -2.30. The van der Waals surface area contributed by atoms with Gasteiger partial charge >= 0.3 is 0 Å². The number of hydrazine groups is 1. The summed E-state index contributed by atoms with van der Waals surface area (Å²) in [6.07, 6.45) is 0. The van der Waals surface area contributed by atoms with Crippen molar-refractivity contribution in [2.24, 2.45) is 5.84 Å². The van der Waals surface area contributed by atoms with Gasteiger partial charge in [0.1, 0.15) is 12.4 Å². The van der Waals surface area contributed by atoms with Gasteiger partial charge in [0.05, 0.1) is 0 Å². The molecule has 6 heteroatoms. The summed E-state index contributed by atoms with van der Waals surface area (Å²) < 4.78 is 32.7. The second-order valence-corrected chi connectivity index (χ2v) is 4.46. The third-order valence-corrected chi connectivity index (χ3v) is 2.98. The standard InChI is InChI=1S/C15H14F2N2O2/c1-9-3-2-4-13(14(9)17)21-8-11-7-10(15(20)19-18)5-6-12(11)16/h2-7H,8,18H2,1H3,(H,19,20). The number of hydrogen-bond acceptors (Lipinski definition) is 3. The largest absolute Gasteiger partial charge is 0.486 e. The van der Waals surface area contributed by atoms with Gasteiger partial charge in [-0.3, -0.25) is 10.2 Å². The Morgan fingerprint density at radius 3 is 2.76 bits per heavy atom. The van der Waals surface area contributed by atoms with Gasteiger partial charge < -0.3 is 4.74 Å². The fourth-order valence-corrected chi connectivity index (χ4v) is 1.80. The van der Waals surface area contributed by atoms with E-state index in [9.17, 15) is 13.6 Å². The van der Waals surface area contributed by atoms with Gasteiger partial charge in [0.25, 0.3) is 5.91 Å². The zero-order valence-electron chi connectivity index (χ0n) is 11.3. The molecule has 0 aliphatic rings. The minimum Gasteiger partial charge on any atom is -0.486 e. The summed E-state index contributed by atoms with van der Waals surface area (Å²) in [4.78, 5) is 11.4. The highest BCUT2D eigenvalue weighted by atomic mass is 19.1. The number of carbonyl (C=O) groups is 1. The molecular weight excluding hydrogens is 278 g/mol. The lowest BCUT2D eigenvalue weighted by atomic mass is 10.1. The second kappa shape index (κ2) is 6.32. The first-order valence-electron chi connectivity index (χ1n) is 6.20. The number of rotatable bonds is 4. The van der Waals surface area contributed by atoms with E-state index in [0.717, 1.165) is 6.07 Å². The summed E-state index contributed by atoms with van der Waals surface area (Å²) in [6.45, 7) is 1.41. The molecule has 0 fully saturated rings. The molecule has 110 valence electrons. The Morgan fingerprint density at radius 1 is 1.29 bits per heavy atom. The zero-order valence-corrected chi connectivity index (χ0v) is 11.3. The van der Waals surface area contributed by atoms with Crippen LogP contribution in [0.5, 0.6) is 5.75 Å². The Labute approximate surface area is 120 Å². The van der Waals surface area contributed by atoms with Crippen LogP contribution in [0.4, 0.5) is 8.78 Å².